The van der Waals surface area contributed by atoms with Gasteiger partial charge in [0.25, 0.3) is 0 Å². The normalized spacial score (nSPS) is 56.2. The second-order valence-corrected chi connectivity index (χ2v) is 13.7. The van der Waals surface area contributed by atoms with Crippen molar-refractivity contribution in [3.8, 4) is 0 Å². The van der Waals surface area contributed by atoms with Crippen molar-refractivity contribution in [3.63, 3.8) is 0 Å². The van der Waals surface area contributed by atoms with E-state index in [2.05, 4.69) is 13.8 Å². The summed E-state index contributed by atoms with van der Waals surface area (Å²) in [5.41, 5.74) is -0.829. The maximum Gasteiger partial charge on any atom is 0.331 e. The van der Waals surface area contributed by atoms with Gasteiger partial charge in [-0.25, -0.2) is 4.79 Å². The summed E-state index contributed by atoms with van der Waals surface area (Å²) in [5.74, 6) is 1.13. The summed E-state index contributed by atoms with van der Waals surface area (Å²) in [7, 11) is 1.49. The Morgan fingerprint density at radius 1 is 0.974 bits per heavy atom. The molecule has 3 N–H and O–H groups in total. The molecule has 4 saturated carbocycles. The molecule has 0 aromatic rings. The van der Waals surface area contributed by atoms with E-state index in [4.69, 9.17) is 18.9 Å². The van der Waals surface area contributed by atoms with Gasteiger partial charge < -0.3 is 34.3 Å². The fraction of sp³-hybridized carbons (Fsp3) is 0.900. The highest BCUT2D eigenvalue weighted by Gasteiger charge is 2.68. The number of ether oxygens (including phenoxy) is 4. The lowest BCUT2D eigenvalue weighted by Gasteiger charge is -2.64. The van der Waals surface area contributed by atoms with Crippen molar-refractivity contribution >= 4 is 5.97 Å². The number of esters is 1. The van der Waals surface area contributed by atoms with Crippen LogP contribution in [0.5, 0.6) is 0 Å². The first-order valence-corrected chi connectivity index (χ1v) is 14.8. The molecular formula is C30H46O8. The van der Waals surface area contributed by atoms with E-state index in [9.17, 15) is 20.1 Å². The van der Waals surface area contributed by atoms with E-state index < -0.39 is 36.3 Å². The molecule has 0 amide bonds. The van der Waals surface area contributed by atoms with Crippen molar-refractivity contribution in [3.05, 3.63) is 12.2 Å². The van der Waals surface area contributed by atoms with Gasteiger partial charge >= 0.3 is 5.97 Å². The van der Waals surface area contributed by atoms with E-state index in [0.717, 1.165) is 57.8 Å². The molecule has 8 heteroatoms. The largest absolute Gasteiger partial charge is 0.455 e. The molecule has 0 aromatic heterocycles. The van der Waals surface area contributed by atoms with Gasteiger partial charge in [-0.1, -0.05) is 13.8 Å². The molecule has 2 aliphatic heterocycles. The average molecular weight is 535 g/mol. The lowest BCUT2D eigenvalue weighted by molar-refractivity contribution is -0.313. The molecule has 38 heavy (non-hydrogen) atoms. The molecule has 1 saturated heterocycles. The molecule has 8 nitrogen and oxygen atoms in total. The Kier molecular flexibility index (Phi) is 6.80. The summed E-state index contributed by atoms with van der Waals surface area (Å²) in [4.78, 5) is 11.8. The van der Waals surface area contributed by atoms with Gasteiger partial charge in [0.1, 0.15) is 24.4 Å². The average Bonchev–Trinajstić information content (AvgIpc) is 3.43. The van der Waals surface area contributed by atoms with E-state index >= 15 is 0 Å². The summed E-state index contributed by atoms with van der Waals surface area (Å²) in [6.07, 6.45) is 7.90. The van der Waals surface area contributed by atoms with Crippen LogP contribution in [0.3, 0.4) is 0 Å². The molecule has 0 spiro atoms. The molecule has 0 unspecified atom stereocenters. The van der Waals surface area contributed by atoms with E-state index in [-0.39, 0.29) is 40.8 Å². The Morgan fingerprint density at radius 3 is 2.45 bits per heavy atom. The maximum atomic E-state index is 12.4. The second-order valence-electron chi connectivity index (χ2n) is 13.7. The number of hydrogen-bond acceptors (Lipinski definition) is 8. The molecule has 0 bridgehead atoms. The smallest absolute Gasteiger partial charge is 0.331 e. The van der Waals surface area contributed by atoms with Gasteiger partial charge in [-0.15, -0.1) is 0 Å². The predicted octanol–water partition coefficient (Wildman–Crippen LogP) is 3.11. The van der Waals surface area contributed by atoms with Crippen LogP contribution in [0.25, 0.3) is 0 Å². The number of aliphatic hydroxyl groups is 3. The number of carbonyl (C=O) groups is 1. The van der Waals surface area contributed by atoms with Gasteiger partial charge in [0.2, 0.25) is 0 Å². The van der Waals surface area contributed by atoms with Crippen LogP contribution in [0.4, 0.5) is 0 Å². The molecule has 2 heterocycles. The highest BCUT2D eigenvalue weighted by atomic mass is 16.7. The van der Waals surface area contributed by atoms with Crippen molar-refractivity contribution in [2.75, 3.05) is 7.11 Å². The topological polar surface area (TPSA) is 115 Å². The maximum absolute atomic E-state index is 12.4. The summed E-state index contributed by atoms with van der Waals surface area (Å²) in [6.45, 7) is 6.47. The Morgan fingerprint density at radius 2 is 1.74 bits per heavy atom. The lowest BCUT2D eigenvalue weighted by Crippen LogP contribution is -2.63. The van der Waals surface area contributed by atoms with Gasteiger partial charge in [0.15, 0.2) is 6.29 Å². The summed E-state index contributed by atoms with van der Waals surface area (Å²) in [5, 5.41) is 33.4. The molecule has 0 radical (unpaired) electrons. The van der Waals surface area contributed by atoms with Crippen molar-refractivity contribution in [2.45, 2.75) is 127 Å². The number of hydrogen-bond donors (Lipinski definition) is 3. The minimum atomic E-state index is -1.04. The van der Waals surface area contributed by atoms with Crippen molar-refractivity contribution in [1.82, 2.24) is 0 Å². The van der Waals surface area contributed by atoms with Crippen molar-refractivity contribution in [2.24, 2.45) is 34.5 Å². The summed E-state index contributed by atoms with van der Waals surface area (Å²) >= 11 is 0. The molecule has 5 fully saturated rings. The van der Waals surface area contributed by atoms with Crippen LogP contribution in [0.1, 0.15) is 78.6 Å². The Hall–Kier alpha value is -1.03. The van der Waals surface area contributed by atoms with Gasteiger partial charge in [-0.3, -0.25) is 0 Å². The highest BCUT2D eigenvalue weighted by molar-refractivity contribution is 5.84. The SMILES string of the molecule is CO[C@H]1[C@@H](O)[C@@H](C)O[C@@H](O[C@H]2CC[C@@]3(C)[C@H](CC[C@@H]4[C@@H]3CC[C@]3(C)[C@@H]([C@@H]5C=CC(=O)O5)CC[C@]43O)C2)[C@@H]1O. The zero-order valence-electron chi connectivity index (χ0n) is 23.3. The summed E-state index contributed by atoms with van der Waals surface area (Å²) < 4.78 is 23.2. The standard InChI is InChI=1S/C30H46O8/c1-16-24(32)26(35-4)25(33)27(36-16)37-18-9-12-28(2)17(15-18)5-6-20-19(28)10-13-29(3)21(11-14-30(20,29)34)22-7-8-23(31)38-22/h7-8,16-22,24-27,32-34H,5-6,9-15H2,1-4H3/t16-,17-,18+,19+,20-,21-,22+,24+,25-,26+,27+,28+,29-,30+/m1/s1. The Bertz CT molecular complexity index is 955. The van der Waals surface area contributed by atoms with Crippen LogP contribution in [0.15, 0.2) is 12.2 Å². The van der Waals surface area contributed by atoms with E-state index in [1.165, 1.54) is 7.11 Å². The van der Waals surface area contributed by atoms with Gasteiger partial charge in [-0.2, -0.15) is 0 Å². The monoisotopic (exact) mass is 534 g/mol. The highest BCUT2D eigenvalue weighted by Crippen LogP contribution is 2.69. The predicted molar refractivity (Wildman–Crippen MR) is 138 cm³/mol. The lowest BCUT2D eigenvalue weighted by atomic mass is 9.43. The third-order valence-corrected chi connectivity index (χ3v) is 12.3. The number of methoxy groups -OCH3 is 1. The van der Waals surface area contributed by atoms with Crippen LogP contribution in [-0.2, 0) is 23.7 Å². The van der Waals surface area contributed by atoms with Crippen molar-refractivity contribution < 1.29 is 39.1 Å². The Labute approximate surface area is 226 Å². The number of fused-ring (bicyclic) bond motifs is 5. The van der Waals surface area contributed by atoms with Gasteiger partial charge in [-0.05, 0) is 94.0 Å². The zero-order valence-corrected chi connectivity index (χ0v) is 23.3. The first-order chi connectivity index (χ1) is 18.0. The molecule has 6 aliphatic rings. The van der Waals surface area contributed by atoms with Crippen LogP contribution in [0, 0.1) is 34.5 Å². The minimum Gasteiger partial charge on any atom is -0.455 e. The molecule has 214 valence electrons. The Balaban J connectivity index is 1.15. The fourth-order valence-electron chi connectivity index (χ4n) is 10.1. The third-order valence-electron chi connectivity index (χ3n) is 12.3. The first kappa shape index (κ1) is 27.2. The van der Waals surface area contributed by atoms with E-state index in [1.54, 1.807) is 13.0 Å². The second kappa shape index (κ2) is 9.52. The van der Waals surface area contributed by atoms with E-state index in [1.807, 2.05) is 6.08 Å². The van der Waals surface area contributed by atoms with E-state index in [0.29, 0.717) is 11.8 Å². The van der Waals surface area contributed by atoms with Crippen LogP contribution in [0.2, 0.25) is 0 Å². The van der Waals surface area contributed by atoms with Gasteiger partial charge in [0.05, 0.1) is 17.8 Å². The summed E-state index contributed by atoms with van der Waals surface area (Å²) in [6, 6.07) is 0. The van der Waals surface area contributed by atoms with Crippen molar-refractivity contribution in [1.29, 1.82) is 0 Å². The molecule has 14 atom stereocenters. The number of aliphatic hydroxyl groups excluding tert-OH is 2. The molecule has 4 aliphatic carbocycles. The third kappa shape index (κ3) is 3.88. The fourth-order valence-corrected chi connectivity index (χ4v) is 10.1. The molecular weight excluding hydrogens is 488 g/mol. The zero-order chi connectivity index (χ0) is 27.0. The van der Waals surface area contributed by atoms with Gasteiger partial charge in [0, 0.05) is 24.5 Å². The number of rotatable bonds is 4. The number of cyclic esters (lactones) is 1. The molecule has 6 rings (SSSR count). The first-order valence-electron chi connectivity index (χ1n) is 14.8. The minimum absolute atomic E-state index is 0.0131. The number of carbonyl (C=O) groups excluding carboxylic acids is 1. The molecule has 0 aromatic carbocycles. The van der Waals surface area contributed by atoms with Crippen LogP contribution in [-0.4, -0.2) is 76.9 Å². The quantitative estimate of drug-likeness (QED) is 0.372. The van der Waals surface area contributed by atoms with Crippen LogP contribution >= 0.6 is 0 Å². The van der Waals surface area contributed by atoms with Crippen LogP contribution < -0.4 is 0 Å².